The van der Waals surface area contributed by atoms with Crippen LogP contribution >= 0.6 is 0 Å². The van der Waals surface area contributed by atoms with Crippen LogP contribution in [0.2, 0.25) is 0 Å². The highest BCUT2D eigenvalue weighted by Gasteiger charge is 2.20. The fraction of sp³-hybridized carbons (Fsp3) is 0.700. The minimum atomic E-state index is 0.491. The quantitative estimate of drug-likeness (QED) is 0.744. The van der Waals surface area contributed by atoms with Gasteiger partial charge < -0.3 is 9.88 Å². The Bertz CT molecular complexity index is 284. The molecule has 0 spiro atoms. The predicted molar refractivity (Wildman–Crippen MR) is 52.6 cm³/mol. The van der Waals surface area contributed by atoms with Crippen LogP contribution in [0.4, 0.5) is 0 Å². The Morgan fingerprint density at radius 1 is 1.69 bits per heavy atom. The number of aryl methyl sites for hydroxylation is 2. The molecule has 1 aliphatic rings. The zero-order valence-corrected chi connectivity index (χ0v) is 8.38. The molecule has 0 saturated carbocycles. The van der Waals surface area contributed by atoms with E-state index in [1.54, 1.807) is 0 Å². The van der Waals surface area contributed by atoms with Gasteiger partial charge in [0.1, 0.15) is 5.82 Å². The molecule has 2 rings (SSSR count). The van der Waals surface area contributed by atoms with Crippen LogP contribution in [-0.2, 0) is 13.5 Å². The van der Waals surface area contributed by atoms with E-state index in [0.29, 0.717) is 6.04 Å². The van der Waals surface area contributed by atoms with Crippen LogP contribution in [0.5, 0.6) is 0 Å². The zero-order chi connectivity index (χ0) is 9.26. The van der Waals surface area contributed by atoms with Crippen molar-refractivity contribution in [2.24, 2.45) is 7.05 Å². The van der Waals surface area contributed by atoms with Crippen molar-refractivity contribution in [3.8, 4) is 0 Å². The molecule has 0 bridgehead atoms. The summed E-state index contributed by atoms with van der Waals surface area (Å²) >= 11 is 0. The topological polar surface area (TPSA) is 29.9 Å². The maximum Gasteiger partial charge on any atom is 0.125 e. The normalized spacial score (nSPS) is 22.5. The van der Waals surface area contributed by atoms with E-state index in [9.17, 15) is 0 Å². The second kappa shape index (κ2) is 3.50. The van der Waals surface area contributed by atoms with E-state index in [1.807, 2.05) is 0 Å². The van der Waals surface area contributed by atoms with Crippen molar-refractivity contribution in [3.05, 3.63) is 17.7 Å². The van der Waals surface area contributed by atoms with E-state index < -0.39 is 0 Å². The van der Waals surface area contributed by atoms with Gasteiger partial charge in [-0.05, 0) is 25.8 Å². The summed E-state index contributed by atoms with van der Waals surface area (Å²) in [6.45, 7) is 3.28. The Kier molecular flexibility index (Phi) is 2.36. The fourth-order valence-corrected chi connectivity index (χ4v) is 1.94. The molecule has 1 atom stereocenters. The van der Waals surface area contributed by atoms with Gasteiger partial charge in [-0.3, -0.25) is 0 Å². The molecule has 1 aromatic heterocycles. The van der Waals surface area contributed by atoms with Crippen molar-refractivity contribution in [3.63, 3.8) is 0 Å². The summed E-state index contributed by atoms with van der Waals surface area (Å²) in [5.41, 5.74) is 1.20. The van der Waals surface area contributed by atoms with E-state index in [0.717, 1.165) is 13.0 Å². The number of nitrogens with zero attached hydrogens (tertiary/aromatic N) is 2. The molecule has 0 amide bonds. The lowest BCUT2D eigenvalue weighted by molar-refractivity contribution is 0.579. The van der Waals surface area contributed by atoms with Crippen LogP contribution in [0.15, 0.2) is 6.20 Å². The lowest BCUT2D eigenvalue weighted by atomic mass is 10.2. The predicted octanol–water partition coefficient (Wildman–Crippen LogP) is 1.41. The van der Waals surface area contributed by atoms with Crippen LogP contribution in [-0.4, -0.2) is 16.1 Å². The Labute approximate surface area is 79.2 Å². The molecule has 1 N–H and O–H groups in total. The van der Waals surface area contributed by atoms with E-state index >= 15 is 0 Å². The van der Waals surface area contributed by atoms with Gasteiger partial charge in [-0.1, -0.05) is 6.92 Å². The highest BCUT2D eigenvalue weighted by Crippen LogP contribution is 2.21. The molecule has 72 valence electrons. The van der Waals surface area contributed by atoms with Gasteiger partial charge in [0.15, 0.2) is 0 Å². The SMILES string of the molecule is CCc1cn(C)c(C2CCCN2)n1. The molecule has 1 unspecified atom stereocenters. The van der Waals surface area contributed by atoms with Gasteiger partial charge >= 0.3 is 0 Å². The molecule has 1 aromatic rings. The fourth-order valence-electron chi connectivity index (χ4n) is 1.94. The molecule has 2 heterocycles. The first-order valence-electron chi connectivity index (χ1n) is 5.06. The zero-order valence-electron chi connectivity index (χ0n) is 8.38. The Balaban J connectivity index is 2.22. The molecule has 3 nitrogen and oxygen atoms in total. The minimum absolute atomic E-state index is 0.491. The lowest BCUT2D eigenvalue weighted by Crippen LogP contribution is -2.16. The van der Waals surface area contributed by atoms with Crippen molar-refractivity contribution in [2.45, 2.75) is 32.2 Å². The van der Waals surface area contributed by atoms with E-state index in [-0.39, 0.29) is 0 Å². The Morgan fingerprint density at radius 3 is 3.08 bits per heavy atom. The van der Waals surface area contributed by atoms with Crippen molar-refractivity contribution in [2.75, 3.05) is 6.54 Å². The smallest absolute Gasteiger partial charge is 0.125 e. The van der Waals surface area contributed by atoms with Gasteiger partial charge in [0, 0.05) is 13.2 Å². The molecule has 0 radical (unpaired) electrons. The van der Waals surface area contributed by atoms with Crippen molar-refractivity contribution in [1.82, 2.24) is 14.9 Å². The van der Waals surface area contributed by atoms with Crippen LogP contribution in [0.1, 0.15) is 37.3 Å². The van der Waals surface area contributed by atoms with Gasteiger partial charge in [-0.15, -0.1) is 0 Å². The average molecular weight is 179 g/mol. The maximum atomic E-state index is 4.61. The molecule has 0 aromatic carbocycles. The van der Waals surface area contributed by atoms with Crippen molar-refractivity contribution in [1.29, 1.82) is 0 Å². The second-order valence-electron chi connectivity index (χ2n) is 3.70. The largest absolute Gasteiger partial charge is 0.336 e. The van der Waals surface area contributed by atoms with Crippen LogP contribution in [0, 0.1) is 0 Å². The summed E-state index contributed by atoms with van der Waals surface area (Å²) in [6, 6.07) is 0.491. The standard InChI is InChI=1S/C10H17N3/c1-3-8-7-13(2)10(12-8)9-5-4-6-11-9/h7,9,11H,3-6H2,1-2H3. The third-order valence-electron chi connectivity index (χ3n) is 2.70. The van der Waals surface area contributed by atoms with E-state index in [4.69, 9.17) is 0 Å². The molecule has 3 heteroatoms. The Morgan fingerprint density at radius 2 is 2.54 bits per heavy atom. The molecule has 1 saturated heterocycles. The van der Waals surface area contributed by atoms with E-state index in [1.165, 1.54) is 24.4 Å². The van der Waals surface area contributed by atoms with Crippen molar-refractivity contribution < 1.29 is 0 Å². The van der Waals surface area contributed by atoms with Crippen molar-refractivity contribution >= 4 is 0 Å². The number of imidazole rings is 1. The lowest BCUT2D eigenvalue weighted by Gasteiger charge is -2.08. The third kappa shape index (κ3) is 1.61. The summed E-state index contributed by atoms with van der Waals surface area (Å²) in [5, 5.41) is 3.47. The number of aromatic nitrogens is 2. The van der Waals surface area contributed by atoms with Crippen LogP contribution in [0.3, 0.4) is 0 Å². The summed E-state index contributed by atoms with van der Waals surface area (Å²) in [5.74, 6) is 1.20. The monoisotopic (exact) mass is 179 g/mol. The summed E-state index contributed by atoms with van der Waals surface area (Å²) in [4.78, 5) is 4.61. The second-order valence-corrected chi connectivity index (χ2v) is 3.70. The van der Waals surface area contributed by atoms with Gasteiger partial charge in [0.05, 0.1) is 11.7 Å². The molecular formula is C10H17N3. The first kappa shape index (κ1) is 8.75. The first-order chi connectivity index (χ1) is 6.31. The van der Waals surface area contributed by atoms with Gasteiger partial charge in [0.2, 0.25) is 0 Å². The molecule has 13 heavy (non-hydrogen) atoms. The Hall–Kier alpha value is -0.830. The van der Waals surface area contributed by atoms with Crippen LogP contribution < -0.4 is 5.32 Å². The molecule has 0 aliphatic carbocycles. The first-order valence-corrected chi connectivity index (χ1v) is 5.06. The number of rotatable bonds is 2. The summed E-state index contributed by atoms with van der Waals surface area (Å²) in [7, 11) is 2.08. The number of nitrogens with one attached hydrogen (secondary N) is 1. The van der Waals surface area contributed by atoms with Gasteiger partial charge in [0.25, 0.3) is 0 Å². The highest BCUT2D eigenvalue weighted by molar-refractivity contribution is 5.08. The van der Waals surface area contributed by atoms with Gasteiger partial charge in [-0.2, -0.15) is 0 Å². The molecule has 1 fully saturated rings. The van der Waals surface area contributed by atoms with Crippen LogP contribution in [0.25, 0.3) is 0 Å². The minimum Gasteiger partial charge on any atom is -0.336 e. The number of hydrogen-bond acceptors (Lipinski definition) is 2. The number of hydrogen-bond donors (Lipinski definition) is 1. The van der Waals surface area contributed by atoms with Gasteiger partial charge in [-0.25, -0.2) is 4.98 Å². The highest BCUT2D eigenvalue weighted by atomic mass is 15.1. The van der Waals surface area contributed by atoms with E-state index in [2.05, 4.69) is 35.0 Å². The average Bonchev–Trinajstić information content (AvgIpc) is 2.72. The third-order valence-corrected chi connectivity index (χ3v) is 2.70. The molecular weight excluding hydrogens is 162 g/mol. The summed E-state index contributed by atoms with van der Waals surface area (Å²) < 4.78 is 2.15. The maximum absolute atomic E-state index is 4.61. The summed E-state index contributed by atoms with van der Waals surface area (Å²) in [6.07, 6.45) is 5.67. The molecule has 1 aliphatic heterocycles.